The summed E-state index contributed by atoms with van der Waals surface area (Å²) in [4.78, 5) is 6.71. The summed E-state index contributed by atoms with van der Waals surface area (Å²) in [6.07, 6.45) is 1.08. The number of likely N-dealkylation sites (N-methyl/N-ethyl adjacent to an activating group) is 1. The molecule has 0 aliphatic heterocycles. The normalized spacial score (nSPS) is 12.7. The van der Waals surface area contributed by atoms with Crippen LogP contribution in [0.15, 0.2) is 23.2 Å². The Kier molecular flexibility index (Phi) is 12.4. The van der Waals surface area contributed by atoms with Gasteiger partial charge < -0.3 is 25.4 Å². The van der Waals surface area contributed by atoms with Gasteiger partial charge in [-0.1, -0.05) is 13.8 Å². The lowest BCUT2D eigenvalue weighted by Crippen LogP contribution is -2.34. The van der Waals surface area contributed by atoms with Crippen LogP contribution >= 0.6 is 24.0 Å². The Labute approximate surface area is 175 Å². The van der Waals surface area contributed by atoms with Crippen LogP contribution in [-0.2, 0) is 0 Å². The average Bonchev–Trinajstić information content (AvgIpc) is 2.53. The highest BCUT2D eigenvalue weighted by molar-refractivity contribution is 14.0. The minimum atomic E-state index is 0. The summed E-state index contributed by atoms with van der Waals surface area (Å²) >= 11 is 0. The van der Waals surface area contributed by atoms with E-state index in [0.717, 1.165) is 23.6 Å². The topological polar surface area (TPSA) is 72.1 Å². The van der Waals surface area contributed by atoms with Gasteiger partial charge in [0.15, 0.2) is 5.96 Å². The van der Waals surface area contributed by atoms with Gasteiger partial charge >= 0.3 is 0 Å². The van der Waals surface area contributed by atoms with E-state index in [1.807, 2.05) is 32.0 Å². The third kappa shape index (κ3) is 8.93. The molecular formula is C19H35IN4O2. The Balaban J connectivity index is 0.00000625. The van der Waals surface area contributed by atoms with Gasteiger partial charge in [-0.15, -0.1) is 24.0 Å². The van der Waals surface area contributed by atoms with Crippen molar-refractivity contribution in [3.05, 3.63) is 18.2 Å². The van der Waals surface area contributed by atoms with Gasteiger partial charge in [0, 0.05) is 12.1 Å². The number of nitrogens with zero attached hydrogens (tertiary/aromatic N) is 2. The third-order valence-corrected chi connectivity index (χ3v) is 3.77. The van der Waals surface area contributed by atoms with Crippen molar-refractivity contribution >= 4 is 35.6 Å². The largest absolute Gasteiger partial charge is 0.494 e. The van der Waals surface area contributed by atoms with Gasteiger partial charge in [-0.05, 0) is 52.4 Å². The number of guanidine groups is 1. The van der Waals surface area contributed by atoms with Gasteiger partial charge in [-0.2, -0.15) is 0 Å². The van der Waals surface area contributed by atoms with Crippen LogP contribution in [0, 0.1) is 5.92 Å². The highest BCUT2D eigenvalue weighted by Crippen LogP contribution is 2.29. The SMILES string of the molecule is CCOc1ccc(OCC)c(NC(N)=NCC(CC(C)C)N(C)C)c1.I. The molecule has 0 aliphatic carbocycles. The van der Waals surface area contributed by atoms with Crippen molar-refractivity contribution in [2.24, 2.45) is 16.6 Å². The molecule has 0 fully saturated rings. The molecule has 0 bridgehead atoms. The highest BCUT2D eigenvalue weighted by Gasteiger charge is 2.13. The molecule has 1 atom stereocenters. The summed E-state index contributed by atoms with van der Waals surface area (Å²) in [5.41, 5.74) is 6.86. The number of hydrogen-bond donors (Lipinski definition) is 2. The smallest absolute Gasteiger partial charge is 0.193 e. The number of nitrogens with two attached hydrogens (primary N) is 1. The number of rotatable bonds is 10. The standard InChI is InChI=1S/C19H34N4O2.HI/c1-7-24-16-9-10-18(25-8-2)17(12-16)22-19(20)21-13-15(23(5)6)11-14(3)4;/h9-10,12,14-15H,7-8,11,13H2,1-6H3,(H3,20,21,22);1H. The molecule has 0 saturated carbocycles. The van der Waals surface area contributed by atoms with Crippen molar-refractivity contribution in [3.8, 4) is 11.5 Å². The number of hydrogen-bond acceptors (Lipinski definition) is 4. The summed E-state index contributed by atoms with van der Waals surface area (Å²) in [7, 11) is 4.15. The molecule has 1 rings (SSSR count). The quantitative estimate of drug-likeness (QED) is 0.304. The van der Waals surface area contributed by atoms with Crippen LogP contribution in [0.2, 0.25) is 0 Å². The minimum absolute atomic E-state index is 0. The zero-order chi connectivity index (χ0) is 18.8. The second kappa shape index (κ2) is 13.0. The number of benzene rings is 1. The maximum atomic E-state index is 6.10. The van der Waals surface area contributed by atoms with Crippen LogP contribution in [0.5, 0.6) is 11.5 Å². The van der Waals surface area contributed by atoms with E-state index in [1.54, 1.807) is 0 Å². The van der Waals surface area contributed by atoms with Crippen LogP contribution in [0.1, 0.15) is 34.1 Å². The summed E-state index contributed by atoms with van der Waals surface area (Å²) in [5, 5.41) is 3.15. The van der Waals surface area contributed by atoms with Gasteiger partial charge in [-0.3, -0.25) is 4.99 Å². The lowest BCUT2D eigenvalue weighted by atomic mass is 10.0. The molecule has 1 aromatic rings. The third-order valence-electron chi connectivity index (χ3n) is 3.77. The molecule has 0 radical (unpaired) electrons. The lowest BCUT2D eigenvalue weighted by Gasteiger charge is -2.24. The molecule has 0 heterocycles. The molecule has 6 nitrogen and oxygen atoms in total. The fourth-order valence-electron chi connectivity index (χ4n) is 2.52. The van der Waals surface area contributed by atoms with Crippen molar-refractivity contribution < 1.29 is 9.47 Å². The van der Waals surface area contributed by atoms with Gasteiger partial charge in [0.05, 0.1) is 25.4 Å². The predicted octanol–water partition coefficient (Wildman–Crippen LogP) is 3.80. The molecule has 1 unspecified atom stereocenters. The summed E-state index contributed by atoms with van der Waals surface area (Å²) in [5.74, 6) is 2.50. The second-order valence-electron chi connectivity index (χ2n) is 6.62. The first-order valence-corrected chi connectivity index (χ1v) is 9.00. The molecule has 0 aromatic heterocycles. The van der Waals surface area contributed by atoms with Crippen molar-refractivity contribution in [1.29, 1.82) is 0 Å². The Hall–Kier alpha value is -1.22. The summed E-state index contributed by atoms with van der Waals surface area (Å²) < 4.78 is 11.2. The van der Waals surface area contributed by atoms with Crippen molar-refractivity contribution in [2.75, 3.05) is 39.2 Å². The zero-order valence-corrected chi connectivity index (χ0v) is 19.2. The van der Waals surface area contributed by atoms with Gasteiger partial charge in [0.1, 0.15) is 11.5 Å². The maximum Gasteiger partial charge on any atom is 0.193 e. The molecule has 26 heavy (non-hydrogen) atoms. The molecule has 0 aliphatic rings. The average molecular weight is 478 g/mol. The van der Waals surface area contributed by atoms with Gasteiger partial charge in [-0.25, -0.2) is 0 Å². The van der Waals surface area contributed by atoms with Crippen LogP contribution in [0.4, 0.5) is 5.69 Å². The van der Waals surface area contributed by atoms with Crippen LogP contribution in [0.3, 0.4) is 0 Å². The first-order valence-electron chi connectivity index (χ1n) is 9.00. The first kappa shape index (κ1) is 24.8. The maximum absolute atomic E-state index is 6.10. The minimum Gasteiger partial charge on any atom is -0.494 e. The van der Waals surface area contributed by atoms with Crippen LogP contribution in [0.25, 0.3) is 0 Å². The van der Waals surface area contributed by atoms with Crippen LogP contribution in [-0.4, -0.2) is 50.8 Å². The zero-order valence-electron chi connectivity index (χ0n) is 16.9. The summed E-state index contributed by atoms with van der Waals surface area (Å²) in [6, 6.07) is 6.01. The van der Waals surface area contributed by atoms with E-state index in [1.165, 1.54) is 0 Å². The predicted molar refractivity (Wildman–Crippen MR) is 121 cm³/mol. The lowest BCUT2D eigenvalue weighted by molar-refractivity contribution is 0.261. The van der Waals surface area contributed by atoms with E-state index in [2.05, 4.69) is 43.2 Å². The number of aliphatic imine (C=N–C) groups is 1. The number of anilines is 1. The van der Waals surface area contributed by atoms with E-state index in [0.29, 0.717) is 37.7 Å². The Bertz CT molecular complexity index is 550. The van der Waals surface area contributed by atoms with E-state index < -0.39 is 0 Å². The molecule has 150 valence electrons. The fraction of sp³-hybridized carbons (Fsp3) is 0.632. The Morgan fingerprint density at radius 3 is 2.38 bits per heavy atom. The van der Waals surface area contributed by atoms with Crippen molar-refractivity contribution in [3.63, 3.8) is 0 Å². The molecule has 0 amide bonds. The van der Waals surface area contributed by atoms with E-state index in [4.69, 9.17) is 15.2 Å². The molecule has 1 aromatic carbocycles. The van der Waals surface area contributed by atoms with Crippen LogP contribution < -0.4 is 20.5 Å². The van der Waals surface area contributed by atoms with Crippen molar-refractivity contribution in [1.82, 2.24) is 4.90 Å². The molecule has 3 N–H and O–H groups in total. The number of nitrogens with one attached hydrogen (secondary N) is 1. The Morgan fingerprint density at radius 1 is 1.19 bits per heavy atom. The van der Waals surface area contributed by atoms with E-state index in [9.17, 15) is 0 Å². The van der Waals surface area contributed by atoms with E-state index in [-0.39, 0.29) is 24.0 Å². The molecule has 0 spiro atoms. The van der Waals surface area contributed by atoms with E-state index >= 15 is 0 Å². The molecule has 7 heteroatoms. The fourth-order valence-corrected chi connectivity index (χ4v) is 2.52. The summed E-state index contributed by atoms with van der Waals surface area (Å²) in [6.45, 7) is 10.2. The first-order chi connectivity index (χ1) is 11.9. The number of halogens is 1. The molecular weight excluding hydrogens is 443 g/mol. The second-order valence-corrected chi connectivity index (χ2v) is 6.62. The number of ether oxygens (including phenoxy) is 2. The van der Waals surface area contributed by atoms with Crippen molar-refractivity contribution in [2.45, 2.75) is 40.2 Å². The van der Waals surface area contributed by atoms with Gasteiger partial charge in [0.25, 0.3) is 0 Å². The monoisotopic (exact) mass is 478 g/mol. The van der Waals surface area contributed by atoms with Gasteiger partial charge in [0.2, 0.25) is 0 Å². The Morgan fingerprint density at radius 2 is 1.85 bits per heavy atom. The molecule has 0 saturated heterocycles. The highest BCUT2D eigenvalue weighted by atomic mass is 127.